The van der Waals surface area contributed by atoms with E-state index in [-0.39, 0.29) is 0 Å². The molecular formula is C14H21NO. The van der Waals surface area contributed by atoms with Crippen LogP contribution in [0.4, 0.5) is 0 Å². The van der Waals surface area contributed by atoms with Gasteiger partial charge in [0.15, 0.2) is 0 Å². The Morgan fingerprint density at radius 1 is 1.38 bits per heavy atom. The van der Waals surface area contributed by atoms with Gasteiger partial charge >= 0.3 is 0 Å². The zero-order valence-electron chi connectivity index (χ0n) is 9.95. The number of piperidine rings is 1. The Hall–Kier alpha value is -0.860. The van der Waals surface area contributed by atoms with E-state index in [1.54, 1.807) is 0 Å². The molecule has 1 aliphatic heterocycles. The van der Waals surface area contributed by atoms with E-state index in [9.17, 15) is 5.11 Å². The SMILES string of the molecule is CC(O)(CC1CCCNC1)c1ccccc1. The van der Waals surface area contributed by atoms with Gasteiger partial charge in [-0.05, 0) is 50.8 Å². The largest absolute Gasteiger partial charge is 0.385 e. The highest BCUT2D eigenvalue weighted by Crippen LogP contribution is 2.30. The predicted molar refractivity (Wildman–Crippen MR) is 66.2 cm³/mol. The molecule has 2 heteroatoms. The van der Waals surface area contributed by atoms with Crippen molar-refractivity contribution in [2.45, 2.75) is 31.8 Å². The molecule has 1 aromatic carbocycles. The van der Waals surface area contributed by atoms with E-state index in [0.29, 0.717) is 5.92 Å². The number of hydrogen-bond acceptors (Lipinski definition) is 2. The van der Waals surface area contributed by atoms with Crippen LogP contribution in [0.1, 0.15) is 31.7 Å². The molecule has 1 saturated heterocycles. The predicted octanol–water partition coefficient (Wildman–Crippen LogP) is 2.28. The summed E-state index contributed by atoms with van der Waals surface area (Å²) in [7, 11) is 0. The van der Waals surface area contributed by atoms with E-state index in [0.717, 1.165) is 25.1 Å². The highest BCUT2D eigenvalue weighted by atomic mass is 16.3. The van der Waals surface area contributed by atoms with Crippen molar-refractivity contribution in [3.8, 4) is 0 Å². The summed E-state index contributed by atoms with van der Waals surface area (Å²) in [5.41, 5.74) is 0.339. The molecule has 2 unspecified atom stereocenters. The maximum Gasteiger partial charge on any atom is 0.0871 e. The number of hydrogen-bond donors (Lipinski definition) is 2. The second-order valence-corrected chi connectivity index (χ2v) is 5.06. The molecule has 16 heavy (non-hydrogen) atoms. The van der Waals surface area contributed by atoms with Gasteiger partial charge < -0.3 is 10.4 Å². The average molecular weight is 219 g/mol. The highest BCUT2D eigenvalue weighted by molar-refractivity contribution is 5.21. The van der Waals surface area contributed by atoms with Gasteiger partial charge in [0.05, 0.1) is 5.60 Å². The summed E-state index contributed by atoms with van der Waals surface area (Å²) in [4.78, 5) is 0. The molecule has 88 valence electrons. The fourth-order valence-electron chi connectivity index (χ4n) is 2.58. The van der Waals surface area contributed by atoms with Crippen molar-refractivity contribution in [1.82, 2.24) is 5.32 Å². The minimum Gasteiger partial charge on any atom is -0.385 e. The minimum absolute atomic E-state index is 0.601. The molecule has 0 aromatic heterocycles. The van der Waals surface area contributed by atoms with Crippen molar-refractivity contribution in [3.63, 3.8) is 0 Å². The summed E-state index contributed by atoms with van der Waals surface area (Å²) >= 11 is 0. The lowest BCUT2D eigenvalue weighted by atomic mass is 9.83. The third-order valence-corrected chi connectivity index (χ3v) is 3.48. The first-order chi connectivity index (χ1) is 7.68. The molecule has 0 aliphatic carbocycles. The van der Waals surface area contributed by atoms with Gasteiger partial charge in [-0.2, -0.15) is 0 Å². The monoisotopic (exact) mass is 219 g/mol. The molecule has 0 spiro atoms. The molecule has 0 saturated carbocycles. The normalized spacial score (nSPS) is 25.0. The van der Waals surface area contributed by atoms with Crippen molar-refractivity contribution >= 4 is 0 Å². The Morgan fingerprint density at radius 3 is 2.75 bits per heavy atom. The van der Waals surface area contributed by atoms with E-state index >= 15 is 0 Å². The summed E-state index contributed by atoms with van der Waals surface area (Å²) in [5, 5.41) is 13.9. The van der Waals surface area contributed by atoms with Crippen LogP contribution in [0, 0.1) is 5.92 Å². The van der Waals surface area contributed by atoms with Crippen LogP contribution in [0.3, 0.4) is 0 Å². The van der Waals surface area contributed by atoms with Gasteiger partial charge in [-0.1, -0.05) is 30.3 Å². The van der Waals surface area contributed by atoms with Crippen LogP contribution in [0.25, 0.3) is 0 Å². The van der Waals surface area contributed by atoms with E-state index in [2.05, 4.69) is 5.32 Å². The Labute approximate surface area is 97.7 Å². The fourth-order valence-corrected chi connectivity index (χ4v) is 2.58. The van der Waals surface area contributed by atoms with Gasteiger partial charge in [0.2, 0.25) is 0 Å². The zero-order valence-corrected chi connectivity index (χ0v) is 9.95. The summed E-state index contributed by atoms with van der Waals surface area (Å²) in [6.45, 7) is 4.10. The summed E-state index contributed by atoms with van der Waals surface area (Å²) in [5.74, 6) is 0.601. The van der Waals surface area contributed by atoms with Gasteiger partial charge in [-0.3, -0.25) is 0 Å². The van der Waals surface area contributed by atoms with Gasteiger partial charge in [-0.15, -0.1) is 0 Å². The van der Waals surface area contributed by atoms with Crippen LogP contribution in [0.5, 0.6) is 0 Å². The summed E-state index contributed by atoms with van der Waals surface area (Å²) in [6.07, 6.45) is 3.32. The Morgan fingerprint density at radius 2 is 2.12 bits per heavy atom. The minimum atomic E-state index is -0.690. The first kappa shape index (κ1) is 11.6. The van der Waals surface area contributed by atoms with Crippen molar-refractivity contribution in [2.24, 2.45) is 5.92 Å². The van der Waals surface area contributed by atoms with Gasteiger partial charge in [0, 0.05) is 0 Å². The standard InChI is InChI=1S/C14H21NO/c1-14(16,13-7-3-2-4-8-13)10-12-6-5-9-15-11-12/h2-4,7-8,12,15-16H,5-6,9-11H2,1H3. The Bertz CT molecular complexity index is 315. The zero-order chi connectivity index (χ0) is 11.4. The van der Waals surface area contributed by atoms with Crippen LogP contribution in [0.2, 0.25) is 0 Å². The molecule has 0 radical (unpaired) electrons. The third-order valence-electron chi connectivity index (χ3n) is 3.48. The lowest BCUT2D eigenvalue weighted by Crippen LogP contribution is -2.34. The molecule has 2 rings (SSSR count). The summed E-state index contributed by atoms with van der Waals surface area (Å²) < 4.78 is 0. The van der Waals surface area contributed by atoms with E-state index in [1.807, 2.05) is 37.3 Å². The molecule has 2 nitrogen and oxygen atoms in total. The van der Waals surface area contributed by atoms with Gasteiger partial charge in [-0.25, -0.2) is 0 Å². The molecule has 1 aromatic rings. The van der Waals surface area contributed by atoms with Crippen LogP contribution in [-0.2, 0) is 5.60 Å². The topological polar surface area (TPSA) is 32.3 Å². The number of nitrogens with one attached hydrogen (secondary N) is 1. The molecule has 0 amide bonds. The van der Waals surface area contributed by atoms with Gasteiger partial charge in [0.1, 0.15) is 0 Å². The molecule has 0 bridgehead atoms. The van der Waals surface area contributed by atoms with Crippen molar-refractivity contribution < 1.29 is 5.11 Å². The smallest absolute Gasteiger partial charge is 0.0871 e. The third kappa shape index (κ3) is 2.83. The molecule has 1 aliphatic rings. The molecule has 2 N–H and O–H groups in total. The molecule has 1 heterocycles. The molecule has 2 atom stereocenters. The van der Waals surface area contributed by atoms with Crippen LogP contribution in [-0.4, -0.2) is 18.2 Å². The van der Waals surface area contributed by atoms with E-state index < -0.39 is 5.60 Å². The van der Waals surface area contributed by atoms with Crippen molar-refractivity contribution in [2.75, 3.05) is 13.1 Å². The second kappa shape index (κ2) is 4.98. The van der Waals surface area contributed by atoms with Crippen LogP contribution < -0.4 is 5.32 Å². The number of rotatable bonds is 3. The fraction of sp³-hybridized carbons (Fsp3) is 0.571. The number of aliphatic hydroxyl groups is 1. The van der Waals surface area contributed by atoms with E-state index in [4.69, 9.17) is 0 Å². The lowest BCUT2D eigenvalue weighted by Gasteiger charge is -2.31. The van der Waals surface area contributed by atoms with Crippen molar-refractivity contribution in [3.05, 3.63) is 35.9 Å². The van der Waals surface area contributed by atoms with Crippen LogP contribution >= 0.6 is 0 Å². The summed E-state index contributed by atoms with van der Waals surface area (Å²) in [6, 6.07) is 9.99. The molecular weight excluding hydrogens is 198 g/mol. The lowest BCUT2D eigenvalue weighted by molar-refractivity contribution is 0.0260. The number of benzene rings is 1. The maximum atomic E-state index is 10.5. The Balaban J connectivity index is 2.01. The highest BCUT2D eigenvalue weighted by Gasteiger charge is 2.27. The first-order valence-electron chi connectivity index (χ1n) is 6.17. The molecule has 1 fully saturated rings. The first-order valence-corrected chi connectivity index (χ1v) is 6.17. The maximum absolute atomic E-state index is 10.5. The Kier molecular flexibility index (Phi) is 3.62. The second-order valence-electron chi connectivity index (χ2n) is 5.06. The van der Waals surface area contributed by atoms with Gasteiger partial charge in [0.25, 0.3) is 0 Å². The quantitative estimate of drug-likeness (QED) is 0.817. The average Bonchev–Trinajstić information content (AvgIpc) is 2.31. The van der Waals surface area contributed by atoms with Crippen LogP contribution in [0.15, 0.2) is 30.3 Å². The van der Waals surface area contributed by atoms with E-state index in [1.165, 1.54) is 12.8 Å². The van der Waals surface area contributed by atoms with Crippen molar-refractivity contribution in [1.29, 1.82) is 0 Å².